The van der Waals surface area contributed by atoms with E-state index in [2.05, 4.69) is 22.5 Å². The van der Waals surface area contributed by atoms with Crippen LogP contribution in [0, 0.1) is 0 Å². The number of nitrogens with one attached hydrogen (secondary N) is 3. The maximum Gasteiger partial charge on any atom is 0.490 e. The predicted octanol–water partition coefficient (Wildman–Crippen LogP) is 4.62. The molecule has 8 nitrogen and oxygen atoms in total. The van der Waals surface area contributed by atoms with E-state index < -0.39 is 18.2 Å². The number of hydrogen-bond donors (Lipinski definition) is 5. The second kappa shape index (κ2) is 13.8. The Bertz CT molecular complexity index is 1260. The zero-order chi connectivity index (χ0) is 28.6. The molecule has 0 bridgehead atoms. The van der Waals surface area contributed by atoms with Crippen molar-refractivity contribution in [3.8, 4) is 0 Å². The second-order valence-electron chi connectivity index (χ2n) is 9.29. The fourth-order valence-electron chi connectivity index (χ4n) is 4.22. The van der Waals surface area contributed by atoms with Gasteiger partial charge in [-0.15, -0.1) is 0 Å². The molecule has 39 heavy (non-hydrogen) atoms. The molecule has 1 aromatic heterocycles. The monoisotopic (exact) mass is 569 g/mol. The Kier molecular flexibility index (Phi) is 10.8. The van der Waals surface area contributed by atoms with Gasteiger partial charge in [-0.3, -0.25) is 4.79 Å². The Morgan fingerprint density at radius 2 is 1.85 bits per heavy atom. The average Bonchev–Trinajstić information content (AvgIpc) is 3.30. The molecule has 3 aromatic rings. The van der Waals surface area contributed by atoms with Crippen LogP contribution >= 0.6 is 11.6 Å². The Morgan fingerprint density at radius 1 is 1.18 bits per heavy atom. The standard InChI is InChI=1S/C25H30ClN3O3.C2HF3O2/c1-16(27-15-23(30)17-4-2-5-19(26)13-17)12-18-14-28-24-21(18)6-3-7-22(24)25(31)29-20-8-10-32-11-9-20;3-2(4,5)1(6)7/h2-7,13-14,16,20,23,27-28,30H,8-12,15H2,1H3,(H,29,31);(H,6,7)/t16-,23+;/m1./s1. The zero-order valence-corrected chi connectivity index (χ0v) is 22.0. The van der Waals surface area contributed by atoms with Crippen LogP contribution in [-0.2, 0) is 16.0 Å². The summed E-state index contributed by atoms with van der Waals surface area (Å²) in [6.07, 6.45) is -1.27. The molecule has 1 aliphatic heterocycles. The molecule has 2 aromatic carbocycles. The van der Waals surface area contributed by atoms with Crippen molar-refractivity contribution in [2.45, 2.75) is 50.6 Å². The van der Waals surface area contributed by atoms with E-state index >= 15 is 0 Å². The summed E-state index contributed by atoms with van der Waals surface area (Å²) >= 11 is 6.02. The van der Waals surface area contributed by atoms with E-state index in [0.29, 0.717) is 30.3 Å². The van der Waals surface area contributed by atoms with E-state index in [9.17, 15) is 23.1 Å². The smallest absolute Gasteiger partial charge is 0.475 e. The summed E-state index contributed by atoms with van der Waals surface area (Å²) in [6, 6.07) is 13.4. The topological polar surface area (TPSA) is 124 Å². The molecule has 4 rings (SSSR count). The lowest BCUT2D eigenvalue weighted by Gasteiger charge is -2.23. The van der Waals surface area contributed by atoms with Gasteiger partial charge in [0.2, 0.25) is 0 Å². The van der Waals surface area contributed by atoms with Crippen LogP contribution in [0.4, 0.5) is 13.2 Å². The van der Waals surface area contributed by atoms with Gasteiger partial charge in [0.05, 0.1) is 17.2 Å². The first-order valence-electron chi connectivity index (χ1n) is 12.4. The van der Waals surface area contributed by atoms with Crippen LogP contribution in [0.15, 0.2) is 48.7 Å². The molecule has 12 heteroatoms. The molecule has 1 fully saturated rings. The number of carbonyl (C=O) groups excluding carboxylic acids is 1. The largest absolute Gasteiger partial charge is 0.490 e. The number of H-pyrrole nitrogens is 1. The predicted molar refractivity (Wildman–Crippen MR) is 141 cm³/mol. The molecule has 2 heterocycles. The molecule has 0 saturated carbocycles. The van der Waals surface area contributed by atoms with Crippen LogP contribution in [0.1, 0.15) is 47.4 Å². The van der Waals surface area contributed by atoms with Gasteiger partial charge in [-0.25, -0.2) is 4.79 Å². The first-order valence-corrected chi connectivity index (χ1v) is 12.8. The lowest BCUT2D eigenvalue weighted by atomic mass is 10.0. The maximum absolute atomic E-state index is 12.9. The van der Waals surface area contributed by atoms with Gasteiger partial charge in [0.25, 0.3) is 5.91 Å². The third kappa shape index (κ3) is 8.96. The summed E-state index contributed by atoms with van der Waals surface area (Å²) in [6.45, 7) is 3.91. The van der Waals surface area contributed by atoms with Crippen LogP contribution in [-0.4, -0.2) is 65.1 Å². The van der Waals surface area contributed by atoms with Gasteiger partial charge in [0.1, 0.15) is 0 Å². The molecule has 0 aliphatic carbocycles. The molecule has 0 spiro atoms. The van der Waals surface area contributed by atoms with E-state index in [0.717, 1.165) is 41.3 Å². The molecule has 5 N–H and O–H groups in total. The van der Waals surface area contributed by atoms with Crippen LogP contribution < -0.4 is 10.6 Å². The second-order valence-corrected chi connectivity index (χ2v) is 9.73. The number of aliphatic carboxylic acids is 1. The lowest BCUT2D eigenvalue weighted by Crippen LogP contribution is -2.38. The van der Waals surface area contributed by atoms with Crippen LogP contribution in [0.25, 0.3) is 10.9 Å². The summed E-state index contributed by atoms with van der Waals surface area (Å²) < 4.78 is 37.1. The third-order valence-corrected chi connectivity index (χ3v) is 6.50. The quantitative estimate of drug-likeness (QED) is 0.270. The molecule has 1 saturated heterocycles. The molecule has 1 amide bonds. The number of alkyl halides is 3. The van der Waals surface area contributed by atoms with E-state index in [1.165, 1.54) is 0 Å². The van der Waals surface area contributed by atoms with Crippen molar-refractivity contribution >= 4 is 34.4 Å². The van der Waals surface area contributed by atoms with Gasteiger partial charge < -0.3 is 30.6 Å². The highest BCUT2D eigenvalue weighted by Crippen LogP contribution is 2.24. The number of ether oxygens (including phenoxy) is 1. The number of fused-ring (bicyclic) bond motifs is 1. The molecule has 2 atom stereocenters. The van der Waals surface area contributed by atoms with Gasteiger partial charge >= 0.3 is 12.1 Å². The number of halogens is 4. The minimum atomic E-state index is -5.08. The fraction of sp³-hybridized carbons (Fsp3) is 0.407. The number of benzene rings is 2. The van der Waals surface area contributed by atoms with Crippen molar-refractivity contribution in [3.05, 3.63) is 70.4 Å². The van der Waals surface area contributed by atoms with Gasteiger partial charge in [0, 0.05) is 48.4 Å². The van der Waals surface area contributed by atoms with Crippen molar-refractivity contribution in [1.82, 2.24) is 15.6 Å². The summed E-state index contributed by atoms with van der Waals surface area (Å²) in [5, 5.41) is 25.8. The number of amides is 1. The summed E-state index contributed by atoms with van der Waals surface area (Å²) in [5.41, 5.74) is 3.46. The molecule has 0 radical (unpaired) electrons. The Morgan fingerprint density at radius 3 is 2.49 bits per heavy atom. The SMILES string of the molecule is C[C@H](Cc1c[nH]c2c(C(=O)NC3CCOCC3)cccc12)NC[C@H](O)c1cccc(Cl)c1.O=C(O)C(F)(F)F. The summed E-state index contributed by atoms with van der Waals surface area (Å²) in [5.74, 6) is -2.81. The fourth-order valence-corrected chi connectivity index (χ4v) is 4.42. The minimum Gasteiger partial charge on any atom is -0.475 e. The first kappa shape index (κ1) is 30.4. The highest BCUT2D eigenvalue weighted by atomic mass is 35.5. The lowest BCUT2D eigenvalue weighted by molar-refractivity contribution is -0.192. The molecule has 1 aliphatic rings. The number of para-hydroxylation sites is 1. The van der Waals surface area contributed by atoms with Crippen molar-refractivity contribution in [3.63, 3.8) is 0 Å². The number of aromatic nitrogens is 1. The van der Waals surface area contributed by atoms with Crippen LogP contribution in [0.2, 0.25) is 5.02 Å². The van der Waals surface area contributed by atoms with Gasteiger partial charge in [-0.2, -0.15) is 13.2 Å². The highest BCUT2D eigenvalue weighted by molar-refractivity contribution is 6.30. The normalized spacial score (nSPS) is 15.7. The Labute approximate surface area is 228 Å². The minimum absolute atomic E-state index is 0.0493. The summed E-state index contributed by atoms with van der Waals surface area (Å²) in [7, 11) is 0. The van der Waals surface area contributed by atoms with E-state index in [-0.39, 0.29) is 18.0 Å². The molecule has 0 unspecified atom stereocenters. The number of aliphatic hydroxyl groups is 1. The average molecular weight is 570 g/mol. The third-order valence-electron chi connectivity index (χ3n) is 6.26. The molecular formula is C27H31ClF3N3O5. The number of aliphatic hydroxyl groups excluding tert-OH is 1. The first-order chi connectivity index (χ1) is 18.5. The van der Waals surface area contributed by atoms with E-state index in [4.69, 9.17) is 26.2 Å². The van der Waals surface area contributed by atoms with Gasteiger partial charge in [0.15, 0.2) is 0 Å². The highest BCUT2D eigenvalue weighted by Gasteiger charge is 2.38. The number of rotatable bonds is 8. The number of aromatic amines is 1. The van der Waals surface area contributed by atoms with Gasteiger partial charge in [-0.05, 0) is 55.5 Å². The van der Waals surface area contributed by atoms with Crippen molar-refractivity contribution < 1.29 is 37.7 Å². The van der Waals surface area contributed by atoms with Crippen molar-refractivity contribution in [2.75, 3.05) is 19.8 Å². The van der Waals surface area contributed by atoms with Crippen LogP contribution in [0.5, 0.6) is 0 Å². The molecule has 212 valence electrons. The van der Waals surface area contributed by atoms with E-state index in [1.807, 2.05) is 36.5 Å². The Balaban J connectivity index is 0.000000532. The number of carboxylic acids is 1. The van der Waals surface area contributed by atoms with Crippen LogP contribution in [0.3, 0.4) is 0 Å². The Hall–Kier alpha value is -3.12. The maximum atomic E-state index is 12.9. The van der Waals surface area contributed by atoms with E-state index in [1.54, 1.807) is 12.1 Å². The van der Waals surface area contributed by atoms with Gasteiger partial charge in [-0.1, -0.05) is 35.9 Å². The van der Waals surface area contributed by atoms with Crippen molar-refractivity contribution in [1.29, 1.82) is 0 Å². The number of carboxylic acid groups (broad SMARTS) is 1. The van der Waals surface area contributed by atoms with Crippen molar-refractivity contribution in [2.24, 2.45) is 0 Å². The number of carbonyl (C=O) groups is 2. The zero-order valence-electron chi connectivity index (χ0n) is 21.2. The summed E-state index contributed by atoms with van der Waals surface area (Å²) in [4.78, 5) is 25.1. The molecular weight excluding hydrogens is 539 g/mol. The number of hydrogen-bond acceptors (Lipinski definition) is 5.